The molecule has 1 aromatic rings. The van der Waals surface area contributed by atoms with Crippen LogP contribution in [-0.4, -0.2) is 43.9 Å². The molecule has 1 aromatic heterocycles. The molecular formula is C14H23N3O3S. The van der Waals surface area contributed by atoms with Gasteiger partial charge in [0.1, 0.15) is 5.82 Å². The first kappa shape index (κ1) is 17.4. The third-order valence-corrected chi connectivity index (χ3v) is 4.62. The fourth-order valence-electron chi connectivity index (χ4n) is 1.71. The van der Waals surface area contributed by atoms with Gasteiger partial charge in [-0.25, -0.2) is 13.4 Å². The van der Waals surface area contributed by atoms with Crippen molar-refractivity contribution in [2.45, 2.75) is 27.2 Å². The molecule has 0 aliphatic heterocycles. The number of nitrogens with zero attached hydrogens (tertiary/aromatic N) is 1. The second-order valence-corrected chi connectivity index (χ2v) is 7.27. The van der Waals surface area contributed by atoms with Crippen LogP contribution in [0.2, 0.25) is 0 Å². The smallest absolute Gasteiger partial charge is 0.251 e. The molecule has 0 atom stereocenters. The number of hydrogen-bond acceptors (Lipinski definition) is 5. The van der Waals surface area contributed by atoms with Gasteiger partial charge in [-0.2, -0.15) is 0 Å². The largest absolute Gasteiger partial charge is 0.370 e. The van der Waals surface area contributed by atoms with Crippen molar-refractivity contribution in [3.05, 3.63) is 23.4 Å². The van der Waals surface area contributed by atoms with Gasteiger partial charge in [-0.05, 0) is 25.5 Å². The molecule has 1 rings (SSSR count). The second-order valence-electron chi connectivity index (χ2n) is 4.80. The van der Waals surface area contributed by atoms with Crippen LogP contribution in [0.1, 0.15) is 36.3 Å². The molecule has 0 bridgehead atoms. The van der Waals surface area contributed by atoms with Gasteiger partial charge in [0.2, 0.25) is 0 Å². The van der Waals surface area contributed by atoms with Gasteiger partial charge in [-0.15, -0.1) is 0 Å². The minimum Gasteiger partial charge on any atom is -0.370 e. The minimum absolute atomic E-state index is 0.0414. The van der Waals surface area contributed by atoms with Crippen molar-refractivity contribution in [1.82, 2.24) is 10.3 Å². The molecule has 7 heteroatoms. The van der Waals surface area contributed by atoms with Crippen LogP contribution >= 0.6 is 0 Å². The lowest BCUT2D eigenvalue weighted by atomic mass is 10.2. The van der Waals surface area contributed by atoms with Crippen molar-refractivity contribution < 1.29 is 13.2 Å². The SMILES string of the molecule is CCCNc1cc(C(=O)NCCS(=O)(=O)CC)cc(C)n1. The van der Waals surface area contributed by atoms with E-state index in [1.807, 2.05) is 13.8 Å². The standard InChI is InChI=1S/C14H23N3O3S/c1-4-6-15-13-10-12(9-11(3)17-13)14(18)16-7-8-21(19,20)5-2/h9-10H,4-8H2,1-3H3,(H,15,17)(H,16,18). The van der Waals surface area contributed by atoms with Gasteiger partial charge in [0.15, 0.2) is 9.84 Å². The summed E-state index contributed by atoms with van der Waals surface area (Å²) in [5.74, 6) is 0.414. The first-order valence-electron chi connectivity index (χ1n) is 7.09. The molecule has 0 saturated heterocycles. The van der Waals surface area contributed by atoms with E-state index >= 15 is 0 Å². The second kappa shape index (κ2) is 7.97. The van der Waals surface area contributed by atoms with Crippen LogP contribution in [0.25, 0.3) is 0 Å². The highest BCUT2D eigenvalue weighted by Gasteiger charge is 2.11. The molecule has 0 fully saturated rings. The molecule has 0 unspecified atom stereocenters. The lowest BCUT2D eigenvalue weighted by Crippen LogP contribution is -2.29. The van der Waals surface area contributed by atoms with Gasteiger partial charge in [-0.3, -0.25) is 4.79 Å². The summed E-state index contributed by atoms with van der Waals surface area (Å²) in [5, 5.41) is 5.76. The first-order valence-corrected chi connectivity index (χ1v) is 8.91. The quantitative estimate of drug-likeness (QED) is 0.757. The number of nitrogens with one attached hydrogen (secondary N) is 2. The Morgan fingerprint density at radius 1 is 1.24 bits per heavy atom. The Morgan fingerprint density at radius 3 is 2.57 bits per heavy atom. The van der Waals surface area contributed by atoms with E-state index in [4.69, 9.17) is 0 Å². The van der Waals surface area contributed by atoms with E-state index < -0.39 is 9.84 Å². The number of sulfone groups is 1. The Kier molecular flexibility index (Phi) is 6.61. The van der Waals surface area contributed by atoms with E-state index in [0.29, 0.717) is 11.4 Å². The molecule has 0 aromatic carbocycles. The molecular weight excluding hydrogens is 290 g/mol. The highest BCUT2D eigenvalue weighted by Crippen LogP contribution is 2.10. The van der Waals surface area contributed by atoms with Gasteiger partial charge in [0.05, 0.1) is 5.75 Å². The maximum atomic E-state index is 12.0. The Bertz CT molecular complexity index is 585. The predicted octanol–water partition coefficient (Wildman–Crippen LogP) is 1.38. The van der Waals surface area contributed by atoms with Gasteiger partial charge < -0.3 is 10.6 Å². The lowest BCUT2D eigenvalue weighted by molar-refractivity contribution is 0.0956. The van der Waals surface area contributed by atoms with Crippen molar-refractivity contribution >= 4 is 21.6 Å². The molecule has 118 valence electrons. The molecule has 0 spiro atoms. The molecule has 21 heavy (non-hydrogen) atoms. The Morgan fingerprint density at radius 2 is 1.95 bits per heavy atom. The number of anilines is 1. The summed E-state index contributed by atoms with van der Waals surface area (Å²) in [5.41, 5.74) is 1.22. The molecule has 6 nitrogen and oxygen atoms in total. The number of aromatic nitrogens is 1. The number of carbonyl (C=O) groups excluding carboxylic acids is 1. The van der Waals surface area contributed by atoms with Crippen LogP contribution in [0.3, 0.4) is 0 Å². The summed E-state index contributed by atoms with van der Waals surface area (Å²) < 4.78 is 22.7. The molecule has 0 aliphatic carbocycles. The van der Waals surface area contributed by atoms with Crippen LogP contribution in [-0.2, 0) is 9.84 Å². The molecule has 0 aliphatic rings. The minimum atomic E-state index is -3.07. The van der Waals surface area contributed by atoms with E-state index in [0.717, 1.165) is 18.7 Å². The molecule has 2 N–H and O–H groups in total. The van der Waals surface area contributed by atoms with Crippen LogP contribution < -0.4 is 10.6 Å². The summed E-state index contributed by atoms with van der Waals surface area (Å²) in [4.78, 5) is 16.3. The zero-order chi connectivity index (χ0) is 15.9. The maximum absolute atomic E-state index is 12.0. The van der Waals surface area contributed by atoms with Crippen molar-refractivity contribution in [2.24, 2.45) is 0 Å². The van der Waals surface area contributed by atoms with E-state index in [1.165, 1.54) is 0 Å². The number of amides is 1. The zero-order valence-electron chi connectivity index (χ0n) is 12.8. The zero-order valence-corrected chi connectivity index (χ0v) is 13.6. The van der Waals surface area contributed by atoms with Gasteiger partial charge in [-0.1, -0.05) is 13.8 Å². The fraction of sp³-hybridized carbons (Fsp3) is 0.571. The van der Waals surface area contributed by atoms with Crippen LogP contribution in [0.5, 0.6) is 0 Å². The summed E-state index contributed by atoms with van der Waals surface area (Å²) in [6, 6.07) is 3.35. The van der Waals surface area contributed by atoms with Gasteiger partial charge in [0, 0.05) is 30.1 Å². The fourth-order valence-corrected chi connectivity index (χ4v) is 2.41. The van der Waals surface area contributed by atoms with E-state index in [1.54, 1.807) is 19.1 Å². The van der Waals surface area contributed by atoms with Crippen LogP contribution in [0, 0.1) is 6.92 Å². The van der Waals surface area contributed by atoms with E-state index in [-0.39, 0.29) is 24.0 Å². The van der Waals surface area contributed by atoms with Crippen molar-refractivity contribution in [3.63, 3.8) is 0 Å². The number of hydrogen-bond donors (Lipinski definition) is 2. The third-order valence-electron chi connectivity index (χ3n) is 2.91. The Labute approximate surface area is 126 Å². The van der Waals surface area contributed by atoms with E-state index in [2.05, 4.69) is 15.6 Å². The van der Waals surface area contributed by atoms with Crippen LogP contribution in [0.4, 0.5) is 5.82 Å². The summed E-state index contributed by atoms with van der Waals surface area (Å²) >= 11 is 0. The summed E-state index contributed by atoms with van der Waals surface area (Å²) in [7, 11) is -3.07. The van der Waals surface area contributed by atoms with Gasteiger partial charge >= 0.3 is 0 Å². The van der Waals surface area contributed by atoms with Crippen molar-refractivity contribution in [1.29, 1.82) is 0 Å². The molecule has 1 amide bonds. The number of rotatable bonds is 8. The van der Waals surface area contributed by atoms with Gasteiger partial charge in [0.25, 0.3) is 5.91 Å². The summed E-state index contributed by atoms with van der Waals surface area (Å²) in [6.45, 7) is 6.36. The maximum Gasteiger partial charge on any atom is 0.251 e. The monoisotopic (exact) mass is 313 g/mol. The average molecular weight is 313 g/mol. The molecule has 1 heterocycles. The normalized spacial score (nSPS) is 11.2. The number of carbonyl (C=O) groups is 1. The number of aryl methyl sites for hydroxylation is 1. The molecule has 0 saturated carbocycles. The molecule has 0 radical (unpaired) electrons. The highest BCUT2D eigenvalue weighted by molar-refractivity contribution is 7.91. The first-order chi connectivity index (χ1) is 9.88. The Hall–Kier alpha value is -1.63. The average Bonchev–Trinajstić information content (AvgIpc) is 2.44. The highest BCUT2D eigenvalue weighted by atomic mass is 32.2. The number of pyridine rings is 1. The third kappa shape index (κ3) is 6.12. The van der Waals surface area contributed by atoms with Crippen LogP contribution in [0.15, 0.2) is 12.1 Å². The Balaban J connectivity index is 2.67. The topological polar surface area (TPSA) is 88.2 Å². The van der Waals surface area contributed by atoms with Crippen molar-refractivity contribution in [2.75, 3.05) is 29.9 Å². The summed E-state index contributed by atoms with van der Waals surface area (Å²) in [6.07, 6.45) is 0.964. The predicted molar refractivity (Wildman–Crippen MR) is 84.4 cm³/mol. The van der Waals surface area contributed by atoms with E-state index in [9.17, 15) is 13.2 Å². The lowest BCUT2D eigenvalue weighted by Gasteiger charge is -2.09. The van der Waals surface area contributed by atoms with Crippen molar-refractivity contribution in [3.8, 4) is 0 Å².